The van der Waals surface area contributed by atoms with Crippen LogP contribution in [0.1, 0.15) is 38.1 Å². The number of amides is 1. The van der Waals surface area contributed by atoms with Crippen molar-refractivity contribution in [1.29, 1.82) is 0 Å². The molecule has 2 aromatic rings. The van der Waals surface area contributed by atoms with Crippen LogP contribution in [0.25, 0.3) is 10.9 Å². The number of rotatable bonds is 6. The maximum atomic E-state index is 13.2. The lowest BCUT2D eigenvalue weighted by atomic mass is 10.1. The standard InChI is InChI=1S/C21H30N4O4S/c1-5-25(6-2)30(28,29)16-7-8-19-17(13-16)18(14-20(26)22-19)21(27)24-11-9-23(10-12-24)15(3)4/h7-8,13-15H,5-6,9-12H2,1-4H3,(H,22,26). The molecular weight excluding hydrogens is 404 g/mol. The van der Waals surface area contributed by atoms with E-state index in [1.807, 2.05) is 0 Å². The van der Waals surface area contributed by atoms with E-state index in [1.54, 1.807) is 24.8 Å². The van der Waals surface area contributed by atoms with Gasteiger partial charge in [-0.15, -0.1) is 0 Å². The Morgan fingerprint density at radius 1 is 1.10 bits per heavy atom. The van der Waals surface area contributed by atoms with Crippen LogP contribution >= 0.6 is 0 Å². The molecule has 0 atom stereocenters. The number of H-pyrrole nitrogens is 1. The van der Waals surface area contributed by atoms with Gasteiger partial charge in [-0.1, -0.05) is 13.8 Å². The fourth-order valence-electron chi connectivity index (χ4n) is 3.89. The summed E-state index contributed by atoms with van der Waals surface area (Å²) < 4.78 is 27.2. The number of pyridine rings is 1. The van der Waals surface area contributed by atoms with Gasteiger partial charge in [0, 0.05) is 62.3 Å². The highest BCUT2D eigenvalue weighted by molar-refractivity contribution is 7.89. The lowest BCUT2D eigenvalue weighted by molar-refractivity contribution is 0.0597. The molecule has 9 heteroatoms. The third-order valence-electron chi connectivity index (χ3n) is 5.72. The fourth-order valence-corrected chi connectivity index (χ4v) is 5.38. The molecule has 1 aromatic carbocycles. The minimum absolute atomic E-state index is 0.115. The van der Waals surface area contributed by atoms with Crippen molar-refractivity contribution in [1.82, 2.24) is 19.1 Å². The molecule has 0 radical (unpaired) electrons. The highest BCUT2D eigenvalue weighted by Crippen LogP contribution is 2.24. The molecule has 1 amide bonds. The first-order valence-electron chi connectivity index (χ1n) is 10.4. The van der Waals surface area contributed by atoms with Crippen molar-refractivity contribution in [2.75, 3.05) is 39.3 Å². The smallest absolute Gasteiger partial charge is 0.254 e. The number of benzene rings is 1. The van der Waals surface area contributed by atoms with Gasteiger partial charge in [0.25, 0.3) is 5.91 Å². The number of carbonyl (C=O) groups excluding carboxylic acids is 1. The lowest BCUT2D eigenvalue weighted by Crippen LogP contribution is -2.50. The molecule has 0 spiro atoms. The number of nitrogens with zero attached hydrogens (tertiary/aromatic N) is 3. The summed E-state index contributed by atoms with van der Waals surface area (Å²) in [4.78, 5) is 32.3. The molecule has 1 fully saturated rings. The minimum atomic E-state index is -3.68. The molecule has 2 heterocycles. The van der Waals surface area contributed by atoms with Gasteiger partial charge in [-0.05, 0) is 32.0 Å². The monoisotopic (exact) mass is 434 g/mol. The maximum Gasteiger partial charge on any atom is 0.254 e. The zero-order chi connectivity index (χ0) is 22.1. The normalized spacial score (nSPS) is 16.0. The van der Waals surface area contributed by atoms with E-state index in [2.05, 4.69) is 23.7 Å². The summed E-state index contributed by atoms with van der Waals surface area (Å²) >= 11 is 0. The largest absolute Gasteiger partial charge is 0.336 e. The van der Waals surface area contributed by atoms with Crippen LogP contribution in [0.3, 0.4) is 0 Å². The van der Waals surface area contributed by atoms with Crippen LogP contribution in [-0.4, -0.2) is 78.7 Å². The Balaban J connectivity index is 2.02. The summed E-state index contributed by atoms with van der Waals surface area (Å²) in [7, 11) is -3.68. The van der Waals surface area contributed by atoms with Gasteiger partial charge in [0.15, 0.2) is 0 Å². The predicted molar refractivity (Wildman–Crippen MR) is 117 cm³/mol. The van der Waals surface area contributed by atoms with Gasteiger partial charge in [0.2, 0.25) is 15.6 Å². The van der Waals surface area contributed by atoms with Crippen molar-refractivity contribution in [2.45, 2.75) is 38.6 Å². The van der Waals surface area contributed by atoms with E-state index < -0.39 is 10.0 Å². The van der Waals surface area contributed by atoms with Crippen LogP contribution in [0.2, 0.25) is 0 Å². The average molecular weight is 435 g/mol. The molecule has 0 aliphatic carbocycles. The molecule has 1 saturated heterocycles. The van der Waals surface area contributed by atoms with E-state index in [9.17, 15) is 18.0 Å². The van der Waals surface area contributed by atoms with Crippen molar-refractivity contribution in [3.05, 3.63) is 40.2 Å². The maximum absolute atomic E-state index is 13.2. The third kappa shape index (κ3) is 4.28. The number of piperazine rings is 1. The topological polar surface area (TPSA) is 93.8 Å². The van der Waals surface area contributed by atoms with E-state index in [0.29, 0.717) is 43.1 Å². The van der Waals surface area contributed by atoms with Gasteiger partial charge in [0.05, 0.1) is 10.5 Å². The van der Waals surface area contributed by atoms with Crippen LogP contribution in [0.4, 0.5) is 0 Å². The summed E-state index contributed by atoms with van der Waals surface area (Å²) in [5.74, 6) is -0.244. The SMILES string of the molecule is CCN(CC)S(=O)(=O)c1ccc2[nH]c(=O)cc(C(=O)N3CCN(C(C)C)CC3)c2c1. The average Bonchev–Trinajstić information content (AvgIpc) is 2.73. The number of aromatic amines is 1. The zero-order valence-electron chi connectivity index (χ0n) is 18.0. The Morgan fingerprint density at radius 3 is 2.30 bits per heavy atom. The van der Waals surface area contributed by atoms with Gasteiger partial charge < -0.3 is 9.88 Å². The summed E-state index contributed by atoms with van der Waals surface area (Å²) in [6, 6.07) is 6.21. The molecule has 0 unspecified atom stereocenters. The number of sulfonamides is 1. The Morgan fingerprint density at radius 2 is 1.73 bits per heavy atom. The van der Waals surface area contributed by atoms with Crippen LogP contribution in [-0.2, 0) is 10.0 Å². The molecule has 0 saturated carbocycles. The number of hydrogen-bond donors (Lipinski definition) is 1. The number of hydrogen-bond acceptors (Lipinski definition) is 5. The molecule has 164 valence electrons. The summed E-state index contributed by atoms with van der Waals surface area (Å²) in [5, 5.41) is 0.444. The fraction of sp³-hybridized carbons (Fsp3) is 0.524. The number of fused-ring (bicyclic) bond motifs is 1. The van der Waals surface area contributed by atoms with E-state index in [1.165, 1.54) is 22.5 Å². The van der Waals surface area contributed by atoms with Gasteiger partial charge in [-0.2, -0.15) is 4.31 Å². The van der Waals surface area contributed by atoms with Crippen molar-refractivity contribution in [2.24, 2.45) is 0 Å². The van der Waals surface area contributed by atoms with E-state index in [0.717, 1.165) is 13.1 Å². The number of aromatic nitrogens is 1. The summed E-state index contributed by atoms with van der Waals surface area (Å²) in [6.45, 7) is 11.2. The van der Waals surface area contributed by atoms with Crippen LogP contribution in [0.15, 0.2) is 34.0 Å². The Kier molecular flexibility index (Phi) is 6.64. The molecule has 1 aliphatic heterocycles. The van der Waals surface area contributed by atoms with Gasteiger partial charge in [0.1, 0.15) is 0 Å². The van der Waals surface area contributed by atoms with Crippen LogP contribution in [0.5, 0.6) is 0 Å². The number of carbonyl (C=O) groups is 1. The highest BCUT2D eigenvalue weighted by Gasteiger charge is 2.26. The van der Waals surface area contributed by atoms with E-state index in [4.69, 9.17) is 0 Å². The van der Waals surface area contributed by atoms with Gasteiger partial charge in [-0.3, -0.25) is 14.5 Å². The molecule has 30 heavy (non-hydrogen) atoms. The molecular formula is C21H30N4O4S. The van der Waals surface area contributed by atoms with Crippen molar-refractivity contribution >= 4 is 26.8 Å². The quantitative estimate of drug-likeness (QED) is 0.747. The second-order valence-corrected chi connectivity index (χ2v) is 9.70. The first kappa shape index (κ1) is 22.5. The van der Waals surface area contributed by atoms with Crippen molar-refractivity contribution in [3.63, 3.8) is 0 Å². The Bertz CT molecular complexity index is 1080. The zero-order valence-corrected chi connectivity index (χ0v) is 18.8. The van der Waals surface area contributed by atoms with E-state index in [-0.39, 0.29) is 21.9 Å². The first-order valence-corrected chi connectivity index (χ1v) is 11.8. The number of nitrogens with one attached hydrogen (secondary N) is 1. The molecule has 3 rings (SSSR count). The molecule has 8 nitrogen and oxygen atoms in total. The third-order valence-corrected chi connectivity index (χ3v) is 7.77. The molecule has 0 bridgehead atoms. The Labute approximate surface area is 177 Å². The van der Waals surface area contributed by atoms with E-state index >= 15 is 0 Å². The Hall–Kier alpha value is -2.23. The summed E-state index contributed by atoms with van der Waals surface area (Å²) in [6.07, 6.45) is 0. The highest BCUT2D eigenvalue weighted by atomic mass is 32.2. The predicted octanol–water partition coefficient (Wildman–Crippen LogP) is 1.72. The lowest BCUT2D eigenvalue weighted by Gasteiger charge is -2.37. The second-order valence-electron chi connectivity index (χ2n) is 7.77. The van der Waals surface area contributed by atoms with Crippen molar-refractivity contribution < 1.29 is 13.2 Å². The molecule has 1 aliphatic rings. The summed E-state index contributed by atoms with van der Waals surface area (Å²) in [5.41, 5.74) is 0.305. The van der Waals surface area contributed by atoms with Crippen LogP contribution < -0.4 is 5.56 Å². The second kappa shape index (κ2) is 8.87. The van der Waals surface area contributed by atoms with Crippen LogP contribution in [0, 0.1) is 0 Å². The van der Waals surface area contributed by atoms with Gasteiger partial charge >= 0.3 is 0 Å². The van der Waals surface area contributed by atoms with Crippen molar-refractivity contribution in [3.8, 4) is 0 Å². The first-order chi connectivity index (χ1) is 14.2. The molecule has 1 aromatic heterocycles. The van der Waals surface area contributed by atoms with Gasteiger partial charge in [-0.25, -0.2) is 8.42 Å². The minimum Gasteiger partial charge on any atom is -0.336 e. The molecule has 1 N–H and O–H groups in total.